The average Bonchev–Trinajstić information content (AvgIpc) is 2.72. The van der Waals surface area contributed by atoms with Crippen LogP contribution in [0.15, 0.2) is 6.20 Å². The lowest BCUT2D eigenvalue weighted by atomic mass is 10.1. The zero-order valence-corrected chi connectivity index (χ0v) is 11.9. The minimum Gasteiger partial charge on any atom is -0.480 e. The predicted octanol–water partition coefficient (Wildman–Crippen LogP) is 1.86. The lowest BCUT2D eigenvalue weighted by Crippen LogP contribution is -2.39. The molecule has 0 aromatic carbocycles. The molecular weight excluding hydrogens is 291 g/mol. The van der Waals surface area contributed by atoms with Crippen LogP contribution in [0.4, 0.5) is 13.2 Å². The van der Waals surface area contributed by atoms with Gasteiger partial charge in [-0.3, -0.25) is 14.3 Å². The number of aromatic nitrogens is 2. The second kappa shape index (κ2) is 5.38. The van der Waals surface area contributed by atoms with E-state index in [1.807, 2.05) is 5.32 Å². The number of nitrogens with one attached hydrogen (secondary N) is 1. The molecule has 0 bridgehead atoms. The van der Waals surface area contributed by atoms with Crippen LogP contribution in [0.5, 0.6) is 0 Å². The summed E-state index contributed by atoms with van der Waals surface area (Å²) in [6, 6.07) is -1.31. The smallest absolute Gasteiger partial charge is 0.433 e. The van der Waals surface area contributed by atoms with Crippen molar-refractivity contribution in [1.29, 1.82) is 0 Å². The molecule has 0 aliphatic carbocycles. The van der Waals surface area contributed by atoms with Gasteiger partial charge in [0.2, 0.25) is 0 Å². The molecule has 1 aromatic heterocycles. The van der Waals surface area contributed by atoms with Gasteiger partial charge in [0.25, 0.3) is 5.91 Å². The fourth-order valence-electron chi connectivity index (χ4n) is 1.63. The first-order valence-corrected chi connectivity index (χ1v) is 6.05. The molecule has 0 spiro atoms. The Morgan fingerprint density at radius 2 is 1.86 bits per heavy atom. The third kappa shape index (κ3) is 3.73. The zero-order valence-electron chi connectivity index (χ0n) is 11.9. The van der Waals surface area contributed by atoms with Crippen molar-refractivity contribution in [2.75, 3.05) is 0 Å². The number of rotatable bonds is 3. The van der Waals surface area contributed by atoms with Crippen molar-refractivity contribution in [2.24, 2.45) is 0 Å². The van der Waals surface area contributed by atoms with Gasteiger partial charge in [-0.15, -0.1) is 0 Å². The minimum absolute atomic E-state index is 0.702. The summed E-state index contributed by atoms with van der Waals surface area (Å²) in [5.74, 6) is -2.48. The summed E-state index contributed by atoms with van der Waals surface area (Å²) in [4.78, 5) is 22.5. The number of hydrogen-bond acceptors (Lipinski definition) is 3. The van der Waals surface area contributed by atoms with Crippen LogP contribution in [-0.2, 0) is 16.5 Å². The summed E-state index contributed by atoms with van der Waals surface area (Å²) in [6.45, 7) is 5.69. The molecule has 0 aliphatic rings. The van der Waals surface area contributed by atoms with Crippen molar-refractivity contribution in [3.63, 3.8) is 0 Å². The maximum absolute atomic E-state index is 13.2. The van der Waals surface area contributed by atoms with Gasteiger partial charge in [0.05, 0.1) is 17.3 Å². The molecule has 118 valence electrons. The highest BCUT2D eigenvalue weighted by Gasteiger charge is 2.42. The predicted molar refractivity (Wildman–Crippen MR) is 66.8 cm³/mol. The van der Waals surface area contributed by atoms with Crippen LogP contribution in [0.1, 0.15) is 43.7 Å². The summed E-state index contributed by atoms with van der Waals surface area (Å²) >= 11 is 0. The number of carbonyl (C=O) groups excluding carboxylic acids is 1. The highest BCUT2D eigenvalue weighted by molar-refractivity contribution is 5.97. The second-order valence-electron chi connectivity index (χ2n) is 5.52. The van der Waals surface area contributed by atoms with E-state index in [1.165, 1.54) is 20.8 Å². The van der Waals surface area contributed by atoms with Crippen LogP contribution in [-0.4, -0.2) is 32.8 Å². The first kappa shape index (κ1) is 17.0. The van der Waals surface area contributed by atoms with Crippen molar-refractivity contribution >= 4 is 11.9 Å². The van der Waals surface area contributed by atoms with Gasteiger partial charge in [0.15, 0.2) is 5.69 Å². The normalized spacial score (nSPS) is 13.9. The number of halogens is 3. The maximum atomic E-state index is 13.2. The van der Waals surface area contributed by atoms with Crippen LogP contribution in [0.3, 0.4) is 0 Å². The van der Waals surface area contributed by atoms with E-state index in [0.29, 0.717) is 4.68 Å². The highest BCUT2D eigenvalue weighted by atomic mass is 19.4. The monoisotopic (exact) mass is 307 g/mol. The van der Waals surface area contributed by atoms with Crippen LogP contribution < -0.4 is 5.32 Å². The Balaban J connectivity index is 3.29. The van der Waals surface area contributed by atoms with Gasteiger partial charge in [-0.2, -0.15) is 18.3 Å². The van der Waals surface area contributed by atoms with E-state index >= 15 is 0 Å². The van der Waals surface area contributed by atoms with Gasteiger partial charge in [-0.05, 0) is 27.7 Å². The third-order valence-corrected chi connectivity index (χ3v) is 2.64. The van der Waals surface area contributed by atoms with E-state index in [0.717, 1.165) is 13.1 Å². The molecule has 9 heteroatoms. The summed E-state index contributed by atoms with van der Waals surface area (Å²) in [5, 5.41) is 14.3. The maximum Gasteiger partial charge on any atom is 0.433 e. The number of hydrogen-bond donors (Lipinski definition) is 2. The first-order valence-electron chi connectivity index (χ1n) is 6.05. The SMILES string of the molecule is C[C@@H](NC(=O)c1cnn(C(C)(C)C)c1C(F)(F)F)C(=O)O. The minimum atomic E-state index is -4.79. The number of aliphatic carboxylic acids is 1. The number of amides is 1. The summed E-state index contributed by atoms with van der Waals surface area (Å²) in [5.41, 5.74) is -2.89. The van der Waals surface area contributed by atoms with Gasteiger partial charge in [-0.25, -0.2) is 0 Å². The van der Waals surface area contributed by atoms with Gasteiger partial charge >= 0.3 is 12.1 Å². The molecule has 1 amide bonds. The number of carboxylic acid groups (broad SMARTS) is 1. The molecule has 6 nitrogen and oxygen atoms in total. The van der Waals surface area contributed by atoms with Gasteiger partial charge < -0.3 is 10.4 Å². The number of carbonyl (C=O) groups is 2. The Morgan fingerprint density at radius 3 is 2.24 bits per heavy atom. The number of alkyl halides is 3. The zero-order chi connectivity index (χ0) is 16.6. The summed E-state index contributed by atoms with van der Waals surface area (Å²) in [7, 11) is 0. The Bertz CT molecular complexity index is 558. The topological polar surface area (TPSA) is 84.2 Å². The molecule has 0 fully saturated rings. The van der Waals surface area contributed by atoms with Crippen molar-refractivity contribution in [3.05, 3.63) is 17.5 Å². The van der Waals surface area contributed by atoms with Crippen LogP contribution >= 0.6 is 0 Å². The van der Waals surface area contributed by atoms with E-state index in [4.69, 9.17) is 5.11 Å². The molecule has 0 saturated carbocycles. The number of nitrogens with zero attached hydrogens (tertiary/aromatic N) is 2. The molecule has 1 rings (SSSR count). The molecule has 2 N–H and O–H groups in total. The van der Waals surface area contributed by atoms with Crippen molar-refractivity contribution in [2.45, 2.75) is 45.5 Å². The molecule has 1 heterocycles. The first-order chi connectivity index (χ1) is 9.35. The van der Waals surface area contributed by atoms with E-state index in [-0.39, 0.29) is 0 Å². The van der Waals surface area contributed by atoms with Crippen LogP contribution in [0.25, 0.3) is 0 Å². The van der Waals surface area contributed by atoms with E-state index in [2.05, 4.69) is 5.10 Å². The standard InChI is InChI=1S/C12H16F3N3O3/c1-6(10(20)21)17-9(19)7-5-16-18(11(2,3)4)8(7)12(13,14)15/h5-6H,1-4H3,(H,17,19)(H,20,21)/t6-/m1/s1. The molecule has 0 aliphatic heterocycles. The summed E-state index contributed by atoms with van der Waals surface area (Å²) < 4.78 is 40.2. The summed E-state index contributed by atoms with van der Waals surface area (Å²) in [6.07, 6.45) is -4.00. The molecule has 21 heavy (non-hydrogen) atoms. The molecule has 1 atom stereocenters. The van der Waals surface area contributed by atoms with Crippen LogP contribution in [0, 0.1) is 0 Å². The molecule has 1 aromatic rings. The van der Waals surface area contributed by atoms with Gasteiger partial charge in [0.1, 0.15) is 6.04 Å². The Labute approximate surface area is 118 Å². The Kier molecular flexibility index (Phi) is 4.35. The molecule has 0 unspecified atom stereocenters. The molecule has 0 radical (unpaired) electrons. The molecular formula is C12H16F3N3O3. The van der Waals surface area contributed by atoms with Crippen molar-refractivity contribution in [3.8, 4) is 0 Å². The second-order valence-corrected chi connectivity index (χ2v) is 5.52. The fraction of sp³-hybridized carbons (Fsp3) is 0.583. The Morgan fingerprint density at radius 1 is 1.33 bits per heavy atom. The Hall–Kier alpha value is -2.06. The van der Waals surface area contributed by atoms with Crippen molar-refractivity contribution < 1.29 is 27.9 Å². The van der Waals surface area contributed by atoms with Gasteiger partial charge in [0, 0.05) is 0 Å². The van der Waals surface area contributed by atoms with E-state index in [1.54, 1.807) is 0 Å². The van der Waals surface area contributed by atoms with Crippen LogP contribution in [0.2, 0.25) is 0 Å². The van der Waals surface area contributed by atoms with Gasteiger partial charge in [-0.1, -0.05) is 0 Å². The highest BCUT2D eigenvalue weighted by Crippen LogP contribution is 2.34. The average molecular weight is 307 g/mol. The van der Waals surface area contributed by atoms with E-state index < -0.39 is 40.9 Å². The van der Waals surface area contributed by atoms with Crippen molar-refractivity contribution in [1.82, 2.24) is 15.1 Å². The largest absolute Gasteiger partial charge is 0.480 e. The fourth-order valence-corrected chi connectivity index (χ4v) is 1.63. The lowest BCUT2D eigenvalue weighted by Gasteiger charge is -2.24. The molecule has 0 saturated heterocycles. The quantitative estimate of drug-likeness (QED) is 0.892. The third-order valence-electron chi connectivity index (χ3n) is 2.64. The lowest BCUT2D eigenvalue weighted by molar-refractivity contribution is -0.146. The number of carboxylic acids is 1. The van der Waals surface area contributed by atoms with E-state index in [9.17, 15) is 22.8 Å².